The number of para-hydroxylation sites is 1. The van der Waals surface area contributed by atoms with E-state index in [0.717, 1.165) is 35.4 Å². The lowest BCUT2D eigenvalue weighted by Crippen LogP contribution is -2.63. The van der Waals surface area contributed by atoms with Crippen LogP contribution in [0.4, 0.5) is 0 Å². The zero-order valence-electron chi connectivity index (χ0n) is 63.8. The summed E-state index contributed by atoms with van der Waals surface area (Å²) < 4.78 is 0. The predicted octanol–water partition coefficient (Wildman–Crippen LogP) is -4.91. The predicted molar refractivity (Wildman–Crippen MR) is 425 cm³/mol. The van der Waals surface area contributed by atoms with E-state index in [1.54, 1.807) is 121 Å². The van der Waals surface area contributed by atoms with Crippen molar-refractivity contribution in [3.8, 4) is 0 Å². The van der Waals surface area contributed by atoms with Gasteiger partial charge in [-0.1, -0.05) is 131 Å². The molecular weight excluding hydrogens is 1530 g/mol. The number of carbonyl (C=O) groups is 15. The highest BCUT2D eigenvalue weighted by Gasteiger charge is 2.40. The van der Waals surface area contributed by atoms with E-state index in [2.05, 4.69) is 74.1 Å². The number of unbranched alkanes of at least 4 members (excludes halogenated alkanes) is 2. The number of rotatable bonds is 26. The monoisotopic (exact) mass is 1640 g/mol. The van der Waals surface area contributed by atoms with Crippen molar-refractivity contribution >= 4 is 121 Å². The molecule has 4 aromatic carbocycles. The Morgan fingerprint density at radius 2 is 0.852 bits per heavy atom. The average molecular weight is 1640 g/mol. The van der Waals surface area contributed by atoms with E-state index in [9.17, 15) is 78.0 Å². The maximum absolute atomic E-state index is 15.4. The fourth-order valence-electron chi connectivity index (χ4n) is 11.9. The van der Waals surface area contributed by atoms with Crippen LogP contribution in [-0.2, 0) is 97.6 Å². The van der Waals surface area contributed by atoms with Gasteiger partial charge in [0.15, 0.2) is 0 Å². The first-order valence-corrected chi connectivity index (χ1v) is 39.8. The van der Waals surface area contributed by atoms with E-state index < -0.39 is 210 Å². The SMILES string of the molecule is C[C@H](N)C(=O)NCC(=O)N[C@@H]1CSSC[C@H](C(=O)O)NC(=O)[C@H](CO)NC(=O)[C@H]([C@@H](C)O)NC(=O)[C@@H](Cc2ccccc2)NC(=O)[C@H]([C@@H](C)O)NC(=O)[C@H](CCCCN)NC(=O)[C@H](Cc2c[nH]c3ccccc23)NC(=O)[C@H](Cc2ccccc2)NC(=O)[C@H](Cc2ccccc2)NC(=O)[C@H](CC(N)=O)NC(=O)[C@@H](CCCCN)NC1=O. The summed E-state index contributed by atoms with van der Waals surface area (Å²) in [4.78, 5) is 217. The van der Waals surface area contributed by atoms with Crippen molar-refractivity contribution in [2.45, 2.75) is 182 Å². The second-order valence-electron chi connectivity index (χ2n) is 27.6. The van der Waals surface area contributed by atoms with Crippen LogP contribution in [-0.4, -0.2) is 243 Å². The number of aromatic nitrogens is 1. The highest BCUT2D eigenvalue weighted by atomic mass is 33.1. The number of carboxylic acids is 1. The lowest BCUT2D eigenvalue weighted by Gasteiger charge is -2.29. The first-order chi connectivity index (χ1) is 54.9. The van der Waals surface area contributed by atoms with Crippen molar-refractivity contribution in [1.29, 1.82) is 0 Å². The fourth-order valence-corrected chi connectivity index (χ4v) is 14.3. The molecule has 624 valence electrons. The smallest absolute Gasteiger partial charge is 0.327 e. The van der Waals surface area contributed by atoms with E-state index in [0.29, 0.717) is 39.6 Å². The number of aliphatic hydroxyl groups is 3. The van der Waals surface area contributed by atoms with E-state index in [-0.39, 0.29) is 70.9 Å². The molecule has 26 N–H and O–H groups in total. The summed E-state index contributed by atoms with van der Waals surface area (Å²) in [5.74, 6) is -17.7. The van der Waals surface area contributed by atoms with E-state index in [1.807, 2.05) is 0 Å². The van der Waals surface area contributed by atoms with Crippen LogP contribution < -0.4 is 92.1 Å². The molecule has 0 bridgehead atoms. The molecule has 6 rings (SSSR count). The molecule has 39 heteroatoms. The van der Waals surface area contributed by atoms with Crippen LogP contribution >= 0.6 is 21.6 Å². The summed E-state index contributed by atoms with van der Waals surface area (Å²) in [6, 6.07) is 9.57. The van der Waals surface area contributed by atoms with Gasteiger partial charge in [-0.25, -0.2) is 4.79 Å². The average Bonchev–Trinajstić information content (AvgIpc) is 1.71. The van der Waals surface area contributed by atoms with Crippen molar-refractivity contribution in [2.24, 2.45) is 22.9 Å². The molecule has 1 aliphatic rings. The number of aliphatic carboxylic acids is 1. The molecule has 1 saturated heterocycles. The number of nitrogens with one attached hydrogen (secondary N) is 14. The number of hydrogen-bond donors (Lipinski definition) is 22. The van der Waals surface area contributed by atoms with Crippen LogP contribution in [0.3, 0.4) is 0 Å². The van der Waals surface area contributed by atoms with E-state index >= 15 is 14.4 Å². The van der Waals surface area contributed by atoms with Gasteiger partial charge in [0, 0.05) is 54.3 Å². The van der Waals surface area contributed by atoms with E-state index in [4.69, 9.17) is 22.9 Å². The highest BCUT2D eigenvalue weighted by Crippen LogP contribution is 2.25. The molecule has 1 aromatic heterocycles. The van der Waals surface area contributed by atoms with Gasteiger partial charge in [-0.05, 0) is 101 Å². The molecule has 14 amide bonds. The van der Waals surface area contributed by atoms with Crippen molar-refractivity contribution < 1.29 is 92.3 Å². The number of amides is 14. The van der Waals surface area contributed by atoms with Gasteiger partial charge in [-0.15, -0.1) is 0 Å². The lowest BCUT2D eigenvalue weighted by molar-refractivity contribution is -0.142. The number of primary amides is 1. The quantitative estimate of drug-likeness (QED) is 0.0182. The summed E-state index contributed by atoms with van der Waals surface area (Å²) in [5, 5.41) is 76.1. The molecule has 1 aliphatic heterocycles. The Morgan fingerprint density at radius 3 is 1.30 bits per heavy atom. The zero-order chi connectivity index (χ0) is 84.3. The normalized spacial score (nSPS) is 23.7. The zero-order valence-corrected chi connectivity index (χ0v) is 65.4. The van der Waals surface area contributed by atoms with Crippen LogP contribution in [0.5, 0.6) is 0 Å². The minimum Gasteiger partial charge on any atom is -0.480 e. The third-order valence-corrected chi connectivity index (χ3v) is 20.7. The molecule has 2 heterocycles. The van der Waals surface area contributed by atoms with Crippen LogP contribution in [0.15, 0.2) is 121 Å². The van der Waals surface area contributed by atoms with Gasteiger partial charge in [0.25, 0.3) is 0 Å². The number of aliphatic hydroxyl groups excluding tert-OH is 3. The molecule has 15 atom stereocenters. The Morgan fingerprint density at radius 1 is 0.470 bits per heavy atom. The largest absolute Gasteiger partial charge is 0.480 e. The number of benzene rings is 4. The summed E-state index contributed by atoms with van der Waals surface area (Å²) in [6.07, 6.45) is -3.48. The number of hydrogen-bond acceptors (Lipinski definition) is 23. The maximum Gasteiger partial charge on any atom is 0.327 e. The molecule has 0 aliphatic carbocycles. The Kier molecular flexibility index (Phi) is 38.4. The van der Waals surface area contributed by atoms with Crippen LogP contribution in [0, 0.1) is 0 Å². The topological polar surface area (TPSA) is 613 Å². The molecule has 0 unspecified atom stereocenters. The fraction of sp³-hybridized carbons (Fsp3) is 0.461. The van der Waals surface area contributed by atoms with Gasteiger partial charge in [-0.2, -0.15) is 0 Å². The Bertz CT molecular complexity index is 4130. The molecular formula is C76H104N18O19S2. The van der Waals surface area contributed by atoms with Crippen molar-refractivity contribution in [3.05, 3.63) is 144 Å². The number of H-pyrrole nitrogens is 1. The molecule has 0 spiro atoms. The number of carbonyl (C=O) groups excluding carboxylic acids is 14. The van der Waals surface area contributed by atoms with Crippen molar-refractivity contribution in [3.63, 3.8) is 0 Å². The summed E-state index contributed by atoms with van der Waals surface area (Å²) in [5.41, 5.74) is 25.6. The lowest BCUT2D eigenvalue weighted by atomic mass is 10.00. The minimum absolute atomic E-state index is 0.104. The Balaban J connectivity index is 1.47. The minimum atomic E-state index is -1.99. The van der Waals surface area contributed by atoms with Crippen molar-refractivity contribution in [1.82, 2.24) is 74.1 Å². The molecule has 1 fully saturated rings. The molecule has 115 heavy (non-hydrogen) atoms. The molecule has 0 saturated carbocycles. The van der Waals surface area contributed by atoms with Gasteiger partial charge >= 0.3 is 5.97 Å². The van der Waals surface area contributed by atoms with Crippen LogP contribution in [0.1, 0.15) is 88.0 Å². The summed E-state index contributed by atoms with van der Waals surface area (Å²) in [6.45, 7) is 1.88. The second kappa shape index (κ2) is 47.6. The molecule has 5 aromatic rings. The standard InChI is InChI=1S/C76H104N18O19S2/c1-41(79)64(100)82-37-61(99)83-58-39-114-115-40-59(76(112)113)92-72(108)57(38-95)91-75(111)63(43(3)97)94-71(107)54(33-46-23-11-6-12-24-46)90-74(110)62(42(2)96)93-66(102)51(28-16-18-30-78)84-69(105)55(34-47-36-81-49-26-14-13-25-48(47)49)88-68(104)53(32-45-21-9-5-10-22-45)86-67(103)52(31-44-19-7-4-8-20-44)87-70(106)56(35-60(80)98)89-65(101)50(85-73(58)109)27-15-17-29-77/h4-14,19-26,36,41-43,50-59,62-63,81,95-97H,15-18,27-35,37-40,77-79H2,1-3H3,(H2,80,98)(H,82,100)(H,83,99)(H,84,105)(H,85,109)(H,86,103)(H,87,106)(H,88,104)(H,89,101)(H,90,110)(H,91,111)(H,92,108)(H,93,102)(H,94,107)(H,112,113)/t41-,42+,43+,50+,51-,52-,53-,54+,55-,56-,57-,58+,59+,62-,63-/m0/s1. The third kappa shape index (κ3) is 30.7. The van der Waals surface area contributed by atoms with Gasteiger partial charge in [0.1, 0.15) is 72.5 Å². The second-order valence-corrected chi connectivity index (χ2v) is 30.1. The van der Waals surface area contributed by atoms with Gasteiger partial charge in [-0.3, -0.25) is 67.1 Å². The van der Waals surface area contributed by atoms with Gasteiger partial charge in [0.05, 0.1) is 37.8 Å². The summed E-state index contributed by atoms with van der Waals surface area (Å²) >= 11 is 0. The highest BCUT2D eigenvalue weighted by molar-refractivity contribution is 8.76. The van der Waals surface area contributed by atoms with Crippen molar-refractivity contribution in [2.75, 3.05) is 37.7 Å². The van der Waals surface area contributed by atoms with Gasteiger partial charge in [0.2, 0.25) is 82.7 Å². The molecule has 37 nitrogen and oxygen atoms in total. The summed E-state index contributed by atoms with van der Waals surface area (Å²) in [7, 11) is 1.49. The maximum atomic E-state index is 15.4. The first kappa shape index (κ1) is 92.8. The van der Waals surface area contributed by atoms with Crippen LogP contribution in [0.25, 0.3) is 10.9 Å². The first-order valence-electron chi connectivity index (χ1n) is 37.4. The molecule has 0 radical (unpaired) electrons. The number of carboxylic acid groups (broad SMARTS) is 1. The Hall–Kier alpha value is -11.1. The van der Waals surface area contributed by atoms with Crippen LogP contribution in [0.2, 0.25) is 0 Å². The van der Waals surface area contributed by atoms with Gasteiger partial charge < -0.3 is 117 Å². The number of aromatic amines is 1. The number of fused-ring (bicyclic) bond motifs is 1. The third-order valence-electron chi connectivity index (χ3n) is 18.3. The Labute approximate surface area is 670 Å². The number of nitrogens with two attached hydrogens (primary N) is 4. The van der Waals surface area contributed by atoms with E-state index in [1.165, 1.54) is 6.92 Å².